The van der Waals surface area contributed by atoms with Crippen LogP contribution in [0.3, 0.4) is 0 Å². The van der Waals surface area contributed by atoms with Crippen molar-refractivity contribution in [1.29, 1.82) is 0 Å². The molecular weight excluding hydrogens is 273 g/mol. The number of nitrogens with zero attached hydrogens (tertiary/aromatic N) is 1. The number of amidine groups is 1. The molecule has 9 heteroatoms. The normalized spacial score (nSPS) is 12.3. The fraction of sp³-hybridized carbons (Fsp3) is 0.222. The third-order valence-electron chi connectivity index (χ3n) is 1.56. The van der Waals surface area contributed by atoms with Crippen LogP contribution in [0.1, 0.15) is 26.3 Å². The SMILES string of the molecule is C/C(N)=N/OC(=O)c1ccc(C(=O)C(F)(F)F)s1. The van der Waals surface area contributed by atoms with Gasteiger partial charge in [0.25, 0.3) is 5.78 Å². The largest absolute Gasteiger partial charge is 0.455 e. The number of nitrogens with two attached hydrogens (primary N) is 1. The van der Waals surface area contributed by atoms with Gasteiger partial charge in [0.05, 0.1) is 4.88 Å². The summed E-state index contributed by atoms with van der Waals surface area (Å²) in [6.45, 7) is 1.36. The van der Waals surface area contributed by atoms with Crippen LogP contribution in [0, 0.1) is 0 Å². The van der Waals surface area contributed by atoms with E-state index in [0.29, 0.717) is 11.3 Å². The maximum Gasteiger partial charge on any atom is 0.455 e. The summed E-state index contributed by atoms with van der Waals surface area (Å²) >= 11 is 0.373. The minimum atomic E-state index is -4.97. The second kappa shape index (κ2) is 5.17. The lowest BCUT2D eigenvalue weighted by Gasteiger charge is -2.01. The molecule has 0 atom stereocenters. The fourth-order valence-electron chi connectivity index (χ4n) is 0.868. The van der Waals surface area contributed by atoms with Crippen LogP contribution in [0.15, 0.2) is 17.3 Å². The van der Waals surface area contributed by atoms with Gasteiger partial charge in [-0.3, -0.25) is 4.79 Å². The maximum absolute atomic E-state index is 12.1. The first kappa shape index (κ1) is 14.2. The first-order valence-corrected chi connectivity index (χ1v) is 5.26. The number of carbonyl (C=O) groups excluding carboxylic acids is 2. The van der Waals surface area contributed by atoms with Crippen molar-refractivity contribution in [1.82, 2.24) is 0 Å². The number of Topliss-reactive ketones (excluding diaryl/α,β-unsaturated/α-hetero) is 1. The molecule has 0 amide bonds. The molecule has 0 saturated carbocycles. The Labute approximate surface area is 103 Å². The first-order valence-electron chi connectivity index (χ1n) is 4.44. The van der Waals surface area contributed by atoms with Crippen molar-refractivity contribution in [3.05, 3.63) is 21.9 Å². The highest BCUT2D eigenvalue weighted by Gasteiger charge is 2.40. The summed E-state index contributed by atoms with van der Waals surface area (Å²) in [5, 5.41) is 3.15. The number of halogens is 3. The number of hydrogen-bond donors (Lipinski definition) is 1. The molecule has 0 aliphatic carbocycles. The van der Waals surface area contributed by atoms with Crippen molar-refractivity contribution in [2.24, 2.45) is 10.9 Å². The Morgan fingerprint density at radius 2 is 1.89 bits per heavy atom. The molecule has 0 bridgehead atoms. The van der Waals surface area contributed by atoms with Crippen LogP contribution in [0.5, 0.6) is 0 Å². The Morgan fingerprint density at radius 1 is 1.33 bits per heavy atom. The van der Waals surface area contributed by atoms with Crippen LogP contribution in [-0.2, 0) is 4.84 Å². The van der Waals surface area contributed by atoms with E-state index in [4.69, 9.17) is 5.73 Å². The average molecular weight is 280 g/mol. The lowest BCUT2D eigenvalue weighted by molar-refractivity contribution is -0.0882. The number of rotatable bonds is 3. The van der Waals surface area contributed by atoms with Crippen LogP contribution in [-0.4, -0.2) is 23.8 Å². The maximum atomic E-state index is 12.1. The van der Waals surface area contributed by atoms with Crippen molar-refractivity contribution in [3.8, 4) is 0 Å². The molecule has 0 aromatic carbocycles. The summed E-state index contributed by atoms with van der Waals surface area (Å²) in [6.07, 6.45) is -4.97. The zero-order valence-corrected chi connectivity index (χ0v) is 9.76. The van der Waals surface area contributed by atoms with Gasteiger partial charge in [-0.2, -0.15) is 13.2 Å². The van der Waals surface area contributed by atoms with Gasteiger partial charge in [-0.15, -0.1) is 11.3 Å². The number of alkyl halides is 3. The Bertz CT molecular complexity index is 503. The third kappa shape index (κ3) is 3.55. The van der Waals surface area contributed by atoms with Gasteiger partial charge in [0.1, 0.15) is 10.7 Å². The van der Waals surface area contributed by atoms with Gasteiger partial charge in [-0.25, -0.2) is 4.79 Å². The molecule has 1 rings (SSSR count). The second-order valence-corrected chi connectivity index (χ2v) is 4.19. The Morgan fingerprint density at radius 3 is 2.39 bits per heavy atom. The molecule has 1 aromatic heterocycles. The standard InChI is InChI=1S/C9H7F3N2O3S/c1-4(13)14-17-8(16)6-3-2-5(18-6)7(15)9(10,11)12/h2-3H,1H3,(H2,13,14). The Kier molecular flexibility index (Phi) is 4.07. The molecule has 0 fully saturated rings. The molecule has 0 unspecified atom stereocenters. The highest BCUT2D eigenvalue weighted by molar-refractivity contribution is 7.16. The monoisotopic (exact) mass is 280 g/mol. The van der Waals surface area contributed by atoms with Crippen LogP contribution in [0.25, 0.3) is 0 Å². The van der Waals surface area contributed by atoms with E-state index in [2.05, 4.69) is 9.99 Å². The molecule has 1 aromatic rings. The molecule has 18 heavy (non-hydrogen) atoms. The minimum Gasteiger partial charge on any atom is -0.385 e. The van der Waals surface area contributed by atoms with Gasteiger partial charge in [-0.05, 0) is 19.1 Å². The zero-order valence-electron chi connectivity index (χ0n) is 8.95. The molecule has 0 radical (unpaired) electrons. The Balaban J connectivity index is 2.84. The number of ketones is 1. The summed E-state index contributed by atoms with van der Waals surface area (Å²) in [5.41, 5.74) is 5.10. The Hall–Kier alpha value is -1.90. The van der Waals surface area contributed by atoms with E-state index in [0.717, 1.165) is 12.1 Å². The summed E-state index contributed by atoms with van der Waals surface area (Å²) in [4.78, 5) is 25.7. The van der Waals surface area contributed by atoms with Crippen LogP contribution < -0.4 is 5.73 Å². The molecule has 0 spiro atoms. The molecule has 5 nitrogen and oxygen atoms in total. The number of oxime groups is 1. The van der Waals surface area contributed by atoms with Crippen molar-refractivity contribution < 1.29 is 27.6 Å². The van der Waals surface area contributed by atoms with Gasteiger partial charge in [-0.1, -0.05) is 5.16 Å². The summed E-state index contributed by atoms with van der Waals surface area (Å²) < 4.78 is 36.3. The molecule has 0 aliphatic heterocycles. The van der Waals surface area contributed by atoms with Crippen LogP contribution >= 0.6 is 11.3 Å². The predicted octanol–water partition coefficient (Wildman–Crippen LogP) is 1.94. The number of thiophene rings is 1. The third-order valence-corrected chi connectivity index (χ3v) is 2.63. The highest BCUT2D eigenvalue weighted by Crippen LogP contribution is 2.26. The van der Waals surface area contributed by atoms with E-state index >= 15 is 0 Å². The van der Waals surface area contributed by atoms with E-state index in [1.807, 2.05) is 0 Å². The molecule has 98 valence electrons. The molecule has 0 aliphatic rings. The first-order chi connectivity index (χ1) is 8.21. The summed E-state index contributed by atoms with van der Waals surface area (Å²) in [6, 6.07) is 1.95. The van der Waals surface area contributed by atoms with Gasteiger partial charge in [0, 0.05) is 0 Å². The quantitative estimate of drug-likeness (QED) is 0.301. The smallest absolute Gasteiger partial charge is 0.385 e. The number of carbonyl (C=O) groups is 2. The molecule has 1 heterocycles. The lowest BCUT2D eigenvalue weighted by atomic mass is 10.3. The van der Waals surface area contributed by atoms with E-state index < -0.39 is 22.8 Å². The average Bonchev–Trinajstić information content (AvgIpc) is 2.72. The molecular formula is C9H7F3N2O3S. The van der Waals surface area contributed by atoms with E-state index in [1.165, 1.54) is 6.92 Å². The van der Waals surface area contributed by atoms with Crippen molar-refractivity contribution in [3.63, 3.8) is 0 Å². The second-order valence-electron chi connectivity index (χ2n) is 3.10. The van der Waals surface area contributed by atoms with E-state index in [9.17, 15) is 22.8 Å². The molecule has 2 N–H and O–H groups in total. The van der Waals surface area contributed by atoms with E-state index in [1.54, 1.807) is 0 Å². The van der Waals surface area contributed by atoms with Crippen molar-refractivity contribution >= 4 is 28.9 Å². The lowest BCUT2D eigenvalue weighted by Crippen LogP contribution is -2.21. The summed E-state index contributed by atoms with van der Waals surface area (Å²) in [7, 11) is 0. The highest BCUT2D eigenvalue weighted by atomic mass is 32.1. The minimum absolute atomic E-state index is 0.0218. The zero-order chi connectivity index (χ0) is 13.9. The van der Waals surface area contributed by atoms with Crippen molar-refractivity contribution in [2.75, 3.05) is 0 Å². The topological polar surface area (TPSA) is 81.8 Å². The summed E-state index contributed by atoms with van der Waals surface area (Å²) in [5.74, 6) is -3.01. The van der Waals surface area contributed by atoms with Gasteiger partial charge in [0.15, 0.2) is 0 Å². The van der Waals surface area contributed by atoms with Crippen molar-refractivity contribution in [2.45, 2.75) is 13.1 Å². The van der Waals surface area contributed by atoms with Gasteiger partial charge < -0.3 is 10.6 Å². The fourth-order valence-corrected chi connectivity index (χ4v) is 1.71. The van der Waals surface area contributed by atoms with Crippen LogP contribution in [0.2, 0.25) is 0 Å². The number of hydrogen-bond acceptors (Lipinski definition) is 5. The van der Waals surface area contributed by atoms with Gasteiger partial charge >= 0.3 is 12.1 Å². The van der Waals surface area contributed by atoms with E-state index in [-0.39, 0.29) is 10.7 Å². The molecule has 0 saturated heterocycles. The predicted molar refractivity (Wildman–Crippen MR) is 57.4 cm³/mol. The van der Waals surface area contributed by atoms with Gasteiger partial charge in [0.2, 0.25) is 0 Å². The van der Waals surface area contributed by atoms with Crippen LogP contribution in [0.4, 0.5) is 13.2 Å².